The van der Waals surface area contributed by atoms with Gasteiger partial charge in [0.05, 0.1) is 25.5 Å². The maximum absolute atomic E-state index is 14.7. The van der Waals surface area contributed by atoms with Crippen LogP contribution in [0, 0.1) is 11.7 Å². The fourth-order valence-electron chi connectivity index (χ4n) is 4.00. The number of hydrazone groups is 1. The van der Waals surface area contributed by atoms with Crippen LogP contribution in [0.1, 0.15) is 36.4 Å². The number of benzene rings is 2. The average molecular weight is 454 g/mol. The molecule has 0 radical (unpaired) electrons. The summed E-state index contributed by atoms with van der Waals surface area (Å²) in [6, 6.07) is 13.2. The first-order chi connectivity index (χ1) is 16.0. The van der Waals surface area contributed by atoms with Gasteiger partial charge in [0.2, 0.25) is 5.91 Å². The number of halogens is 1. The molecule has 2 aromatic carbocycles. The van der Waals surface area contributed by atoms with Crippen LogP contribution in [0.4, 0.5) is 4.39 Å². The molecule has 2 amide bonds. The Balaban J connectivity index is 1.62. The number of carbonyl (C=O) groups excluding carboxylic acids is 2. The molecule has 0 N–H and O–H groups in total. The van der Waals surface area contributed by atoms with Gasteiger partial charge < -0.3 is 14.4 Å². The molecule has 1 aliphatic carbocycles. The highest BCUT2D eigenvalue weighted by atomic mass is 19.1. The number of hydrogen-bond acceptors (Lipinski definition) is 5. The van der Waals surface area contributed by atoms with Gasteiger partial charge in [0.25, 0.3) is 5.91 Å². The second-order valence-corrected chi connectivity index (χ2v) is 8.29. The van der Waals surface area contributed by atoms with E-state index in [-0.39, 0.29) is 24.3 Å². The monoisotopic (exact) mass is 453 g/mol. The molecular formula is C25H28FN3O4. The van der Waals surface area contributed by atoms with E-state index in [0.717, 1.165) is 18.4 Å². The SMILES string of the molecule is COCCN(CC(=O)N1N=C(c2cccc(OC)c2)CC1c1ccccc1F)C(=O)C1CC1. The number of amides is 2. The van der Waals surface area contributed by atoms with Crippen molar-refractivity contribution in [3.8, 4) is 5.75 Å². The molecule has 33 heavy (non-hydrogen) atoms. The van der Waals surface area contributed by atoms with Crippen LogP contribution in [-0.4, -0.2) is 61.4 Å². The van der Waals surface area contributed by atoms with E-state index >= 15 is 0 Å². The highest BCUT2D eigenvalue weighted by Gasteiger charge is 2.38. The Morgan fingerprint density at radius 3 is 2.64 bits per heavy atom. The largest absolute Gasteiger partial charge is 0.497 e. The van der Waals surface area contributed by atoms with E-state index in [2.05, 4.69) is 5.10 Å². The summed E-state index contributed by atoms with van der Waals surface area (Å²) in [6.45, 7) is 0.529. The second-order valence-electron chi connectivity index (χ2n) is 8.29. The van der Waals surface area contributed by atoms with E-state index in [1.165, 1.54) is 16.0 Å². The molecule has 2 aromatic rings. The molecule has 0 aromatic heterocycles. The second kappa shape index (κ2) is 10.1. The standard InChI is InChI=1S/C25H28FN3O4/c1-32-13-12-28(25(31)17-10-11-17)16-24(30)29-23(20-8-3-4-9-21(20)26)15-22(27-29)18-6-5-7-19(14-18)33-2/h3-9,14,17,23H,10-13,15-16H2,1-2H3. The van der Waals surface area contributed by atoms with Crippen molar-refractivity contribution in [3.05, 3.63) is 65.5 Å². The number of hydrogen-bond donors (Lipinski definition) is 0. The number of nitrogens with zero attached hydrogens (tertiary/aromatic N) is 3. The van der Waals surface area contributed by atoms with Crippen LogP contribution in [0.25, 0.3) is 0 Å². The van der Waals surface area contributed by atoms with Crippen LogP contribution < -0.4 is 4.74 Å². The zero-order valence-electron chi connectivity index (χ0n) is 18.9. The summed E-state index contributed by atoms with van der Waals surface area (Å²) in [5, 5.41) is 5.92. The van der Waals surface area contributed by atoms with Crippen LogP contribution in [-0.2, 0) is 14.3 Å². The van der Waals surface area contributed by atoms with Crippen LogP contribution in [0.3, 0.4) is 0 Å². The van der Waals surface area contributed by atoms with Gasteiger partial charge >= 0.3 is 0 Å². The van der Waals surface area contributed by atoms with Crippen LogP contribution in [0.15, 0.2) is 53.6 Å². The van der Waals surface area contributed by atoms with E-state index in [1.54, 1.807) is 32.4 Å². The molecule has 0 bridgehead atoms. The number of rotatable bonds is 9. The lowest BCUT2D eigenvalue weighted by atomic mass is 9.98. The van der Waals surface area contributed by atoms with Crippen molar-refractivity contribution in [1.82, 2.24) is 9.91 Å². The molecule has 7 nitrogen and oxygen atoms in total. The molecule has 1 aliphatic heterocycles. The van der Waals surface area contributed by atoms with Crippen molar-refractivity contribution in [1.29, 1.82) is 0 Å². The van der Waals surface area contributed by atoms with Gasteiger partial charge in [-0.15, -0.1) is 0 Å². The fourth-order valence-corrected chi connectivity index (χ4v) is 4.00. The third kappa shape index (κ3) is 5.22. The highest BCUT2D eigenvalue weighted by molar-refractivity contribution is 6.03. The minimum Gasteiger partial charge on any atom is -0.497 e. The average Bonchev–Trinajstić information content (AvgIpc) is 3.59. The summed E-state index contributed by atoms with van der Waals surface area (Å²) in [5.41, 5.74) is 1.85. The van der Waals surface area contributed by atoms with Crippen LogP contribution in [0.2, 0.25) is 0 Å². The van der Waals surface area contributed by atoms with Crippen molar-refractivity contribution >= 4 is 17.5 Å². The first-order valence-corrected chi connectivity index (χ1v) is 11.1. The molecule has 1 saturated carbocycles. The van der Waals surface area contributed by atoms with Gasteiger partial charge in [0, 0.05) is 37.1 Å². The predicted molar refractivity (Wildman–Crippen MR) is 121 cm³/mol. The molecule has 1 unspecified atom stereocenters. The van der Waals surface area contributed by atoms with E-state index in [1.807, 2.05) is 24.3 Å². The molecule has 0 saturated heterocycles. The lowest BCUT2D eigenvalue weighted by Gasteiger charge is -2.27. The summed E-state index contributed by atoms with van der Waals surface area (Å²) < 4.78 is 25.1. The van der Waals surface area contributed by atoms with Gasteiger partial charge in [-0.25, -0.2) is 9.40 Å². The number of methoxy groups -OCH3 is 2. The number of ether oxygens (including phenoxy) is 2. The van der Waals surface area contributed by atoms with Crippen molar-refractivity contribution in [2.75, 3.05) is 33.9 Å². The summed E-state index contributed by atoms with van der Waals surface area (Å²) in [6.07, 6.45) is 2.04. The maximum atomic E-state index is 14.7. The van der Waals surface area contributed by atoms with E-state index in [9.17, 15) is 14.0 Å². The third-order valence-electron chi connectivity index (χ3n) is 5.96. The van der Waals surface area contributed by atoms with Gasteiger partial charge in [-0.1, -0.05) is 30.3 Å². The molecule has 1 heterocycles. The summed E-state index contributed by atoms with van der Waals surface area (Å²) in [5.74, 6) is -0.146. The molecule has 174 valence electrons. The van der Waals surface area contributed by atoms with Crippen LogP contribution >= 0.6 is 0 Å². The molecule has 8 heteroatoms. The normalized spacial score (nSPS) is 17.6. The molecule has 0 spiro atoms. The Morgan fingerprint density at radius 1 is 1.15 bits per heavy atom. The molecule has 4 rings (SSSR count). The Morgan fingerprint density at radius 2 is 1.94 bits per heavy atom. The first kappa shape index (κ1) is 22.9. The minimum atomic E-state index is -0.597. The molecule has 2 aliphatic rings. The fraction of sp³-hybridized carbons (Fsp3) is 0.400. The van der Waals surface area contributed by atoms with Gasteiger partial charge in [-0.05, 0) is 31.0 Å². The maximum Gasteiger partial charge on any atom is 0.262 e. The van der Waals surface area contributed by atoms with Crippen molar-refractivity contribution in [2.24, 2.45) is 11.0 Å². The molecule has 1 atom stereocenters. The lowest BCUT2D eigenvalue weighted by Crippen LogP contribution is -2.43. The summed E-state index contributed by atoms with van der Waals surface area (Å²) in [7, 11) is 3.14. The van der Waals surface area contributed by atoms with E-state index in [0.29, 0.717) is 36.6 Å². The quantitative estimate of drug-likeness (QED) is 0.584. The van der Waals surface area contributed by atoms with Gasteiger partial charge in [-0.3, -0.25) is 9.59 Å². The van der Waals surface area contributed by atoms with Crippen molar-refractivity contribution in [2.45, 2.75) is 25.3 Å². The first-order valence-electron chi connectivity index (χ1n) is 11.1. The lowest BCUT2D eigenvalue weighted by molar-refractivity contribution is -0.142. The Kier molecular flexibility index (Phi) is 7.03. The van der Waals surface area contributed by atoms with Crippen molar-refractivity contribution < 1.29 is 23.5 Å². The van der Waals surface area contributed by atoms with Gasteiger partial charge in [0.1, 0.15) is 18.1 Å². The van der Waals surface area contributed by atoms with Crippen molar-refractivity contribution in [3.63, 3.8) is 0 Å². The number of carbonyl (C=O) groups is 2. The Labute approximate surface area is 192 Å². The Hall–Kier alpha value is -3.26. The van der Waals surface area contributed by atoms with E-state index < -0.39 is 11.9 Å². The third-order valence-corrected chi connectivity index (χ3v) is 5.96. The Bertz CT molecular complexity index is 1050. The van der Waals surface area contributed by atoms with E-state index in [4.69, 9.17) is 9.47 Å². The smallest absolute Gasteiger partial charge is 0.262 e. The molecular weight excluding hydrogens is 425 g/mol. The van der Waals surface area contributed by atoms with Gasteiger partial charge in [-0.2, -0.15) is 5.10 Å². The van der Waals surface area contributed by atoms with Gasteiger partial charge in [0.15, 0.2) is 0 Å². The zero-order chi connectivity index (χ0) is 23.4. The zero-order valence-corrected chi connectivity index (χ0v) is 18.9. The topological polar surface area (TPSA) is 71.4 Å². The summed E-state index contributed by atoms with van der Waals surface area (Å²) >= 11 is 0. The van der Waals surface area contributed by atoms with Crippen LogP contribution in [0.5, 0.6) is 5.75 Å². The summed E-state index contributed by atoms with van der Waals surface area (Å²) in [4.78, 5) is 27.6. The molecule has 1 fully saturated rings. The highest BCUT2D eigenvalue weighted by Crippen LogP contribution is 2.35. The minimum absolute atomic E-state index is 0.0218. The predicted octanol–water partition coefficient (Wildman–Crippen LogP) is 3.40.